The highest BCUT2D eigenvalue weighted by Gasteiger charge is 2.44. The topological polar surface area (TPSA) is 92.4 Å². The molecule has 0 aliphatic heterocycles. The lowest BCUT2D eigenvalue weighted by molar-refractivity contribution is -0.150. The zero-order valence-corrected chi connectivity index (χ0v) is 11.2. The van der Waals surface area contributed by atoms with Crippen molar-refractivity contribution >= 4 is 11.9 Å². The molecule has 0 radical (unpaired) electrons. The van der Waals surface area contributed by atoms with Crippen LogP contribution in [-0.2, 0) is 4.79 Å². The van der Waals surface area contributed by atoms with Gasteiger partial charge >= 0.3 is 5.97 Å². The smallest absolute Gasteiger partial charge is 0.311 e. The number of nitrogens with one attached hydrogen (secondary N) is 1. The molecule has 2 N–H and O–H groups in total. The van der Waals surface area contributed by atoms with E-state index < -0.39 is 22.8 Å². The molecular weight excluding hydrogens is 236 g/mol. The quantitative estimate of drug-likeness (QED) is 0.851. The summed E-state index contributed by atoms with van der Waals surface area (Å²) in [4.78, 5) is 27.0. The third kappa shape index (κ3) is 2.37. The van der Waals surface area contributed by atoms with E-state index >= 15 is 0 Å². The van der Waals surface area contributed by atoms with E-state index in [-0.39, 0.29) is 5.76 Å². The summed E-state index contributed by atoms with van der Waals surface area (Å²) < 4.78 is 4.97. The first-order valence-corrected chi connectivity index (χ1v) is 5.55. The molecule has 1 rings (SSSR count). The van der Waals surface area contributed by atoms with Crippen molar-refractivity contribution in [1.82, 2.24) is 10.3 Å². The number of carbonyl (C=O) groups excluding carboxylic acids is 1. The number of hydrogen-bond donors (Lipinski definition) is 2. The molecule has 0 aromatic carbocycles. The second-order valence-corrected chi connectivity index (χ2v) is 5.28. The van der Waals surface area contributed by atoms with Crippen molar-refractivity contribution in [2.45, 2.75) is 40.2 Å². The average molecular weight is 254 g/mol. The molecule has 0 bridgehead atoms. The van der Waals surface area contributed by atoms with E-state index in [1.165, 1.54) is 6.39 Å². The number of oxazole rings is 1. The highest BCUT2D eigenvalue weighted by atomic mass is 16.4. The van der Waals surface area contributed by atoms with Crippen LogP contribution in [0.3, 0.4) is 0 Å². The lowest BCUT2D eigenvalue weighted by Gasteiger charge is -2.38. The molecule has 0 aliphatic carbocycles. The summed E-state index contributed by atoms with van der Waals surface area (Å²) >= 11 is 0. The van der Waals surface area contributed by atoms with Gasteiger partial charge in [0, 0.05) is 0 Å². The molecule has 0 unspecified atom stereocenters. The monoisotopic (exact) mass is 254 g/mol. The van der Waals surface area contributed by atoms with E-state index in [1.54, 1.807) is 34.6 Å². The van der Waals surface area contributed by atoms with Crippen LogP contribution >= 0.6 is 0 Å². The van der Waals surface area contributed by atoms with Gasteiger partial charge in [0.2, 0.25) is 5.76 Å². The number of carboxylic acids is 1. The summed E-state index contributed by atoms with van der Waals surface area (Å²) in [6, 6.07) is 0. The molecule has 1 aromatic heterocycles. The predicted molar refractivity (Wildman–Crippen MR) is 64.2 cm³/mol. The van der Waals surface area contributed by atoms with E-state index in [4.69, 9.17) is 4.42 Å². The molecule has 1 amide bonds. The summed E-state index contributed by atoms with van der Waals surface area (Å²) in [7, 11) is 0. The van der Waals surface area contributed by atoms with Crippen molar-refractivity contribution < 1.29 is 19.1 Å². The predicted octanol–water partition coefficient (Wildman–Crippen LogP) is 1.60. The van der Waals surface area contributed by atoms with Gasteiger partial charge in [-0.1, -0.05) is 0 Å². The number of aryl methyl sites for hydroxylation is 1. The normalized spacial score (nSPS) is 12.3. The van der Waals surface area contributed by atoms with Crippen LogP contribution in [-0.4, -0.2) is 27.5 Å². The van der Waals surface area contributed by atoms with Gasteiger partial charge in [0.05, 0.1) is 16.6 Å². The molecule has 1 heterocycles. The Morgan fingerprint density at radius 3 is 2.28 bits per heavy atom. The molecule has 0 aliphatic rings. The van der Waals surface area contributed by atoms with E-state index in [0.29, 0.717) is 5.69 Å². The van der Waals surface area contributed by atoms with Crippen LogP contribution in [0.4, 0.5) is 0 Å². The maximum absolute atomic E-state index is 12.0. The first-order chi connectivity index (χ1) is 8.09. The molecule has 0 atom stereocenters. The Hall–Kier alpha value is -1.85. The Morgan fingerprint density at radius 2 is 1.89 bits per heavy atom. The average Bonchev–Trinajstić information content (AvgIpc) is 2.63. The fourth-order valence-corrected chi connectivity index (χ4v) is 1.28. The first kappa shape index (κ1) is 14.2. The third-order valence-electron chi connectivity index (χ3n) is 3.47. The van der Waals surface area contributed by atoms with Gasteiger partial charge < -0.3 is 14.8 Å². The van der Waals surface area contributed by atoms with Gasteiger partial charge in [-0.2, -0.15) is 0 Å². The first-order valence-electron chi connectivity index (χ1n) is 5.55. The Morgan fingerprint density at radius 1 is 1.33 bits per heavy atom. The number of carbonyl (C=O) groups is 2. The van der Waals surface area contributed by atoms with Crippen LogP contribution < -0.4 is 5.32 Å². The van der Waals surface area contributed by atoms with Crippen LogP contribution in [0.2, 0.25) is 0 Å². The minimum absolute atomic E-state index is 0.101. The Kier molecular flexibility index (Phi) is 3.50. The van der Waals surface area contributed by atoms with Crippen molar-refractivity contribution in [1.29, 1.82) is 0 Å². The lowest BCUT2D eigenvalue weighted by atomic mass is 9.74. The zero-order valence-electron chi connectivity index (χ0n) is 11.2. The molecule has 0 fully saturated rings. The summed E-state index contributed by atoms with van der Waals surface area (Å²) in [5, 5.41) is 11.9. The van der Waals surface area contributed by atoms with Crippen LogP contribution in [0, 0.1) is 12.3 Å². The van der Waals surface area contributed by atoms with Gasteiger partial charge in [-0.05, 0) is 34.6 Å². The maximum Gasteiger partial charge on any atom is 0.311 e. The number of rotatable bonds is 4. The Bertz CT molecular complexity index is 474. The summed E-state index contributed by atoms with van der Waals surface area (Å²) in [6.45, 7) is 8.08. The molecule has 1 aromatic rings. The van der Waals surface area contributed by atoms with Crippen LogP contribution in [0.5, 0.6) is 0 Å². The zero-order chi connectivity index (χ0) is 14.1. The Labute approximate surface area is 105 Å². The van der Waals surface area contributed by atoms with Gasteiger partial charge in [0.15, 0.2) is 6.39 Å². The number of hydrogen-bond acceptors (Lipinski definition) is 4. The number of nitrogens with zero attached hydrogens (tertiary/aromatic N) is 1. The molecule has 100 valence electrons. The van der Waals surface area contributed by atoms with Crippen LogP contribution in [0.15, 0.2) is 10.8 Å². The number of amides is 1. The fourth-order valence-electron chi connectivity index (χ4n) is 1.28. The van der Waals surface area contributed by atoms with Gasteiger partial charge in [0.25, 0.3) is 5.91 Å². The molecular formula is C12H18N2O4. The van der Waals surface area contributed by atoms with Gasteiger partial charge in [-0.3, -0.25) is 9.59 Å². The largest absolute Gasteiger partial charge is 0.481 e. The number of aliphatic carboxylic acids is 1. The van der Waals surface area contributed by atoms with E-state index in [9.17, 15) is 14.7 Å². The number of aromatic nitrogens is 1. The fraction of sp³-hybridized carbons (Fsp3) is 0.583. The minimum Gasteiger partial charge on any atom is -0.481 e. The standard InChI is InChI=1S/C12H18N2O4/c1-7-8(18-6-13-7)9(15)14-12(4,5)11(2,3)10(16)17/h6H,1-5H3,(H,14,15)(H,16,17). The van der Waals surface area contributed by atoms with Gasteiger partial charge in [0.1, 0.15) is 0 Å². The van der Waals surface area contributed by atoms with Crippen LogP contribution in [0.1, 0.15) is 43.9 Å². The van der Waals surface area contributed by atoms with Crippen LogP contribution in [0.25, 0.3) is 0 Å². The van der Waals surface area contributed by atoms with Gasteiger partial charge in [-0.15, -0.1) is 0 Å². The molecule has 6 nitrogen and oxygen atoms in total. The second-order valence-electron chi connectivity index (χ2n) is 5.28. The second kappa shape index (κ2) is 4.44. The van der Waals surface area contributed by atoms with Crippen molar-refractivity contribution in [2.75, 3.05) is 0 Å². The molecule has 6 heteroatoms. The van der Waals surface area contributed by atoms with Crippen molar-refractivity contribution in [2.24, 2.45) is 5.41 Å². The summed E-state index contributed by atoms with van der Waals surface area (Å²) in [5.74, 6) is -1.35. The highest BCUT2D eigenvalue weighted by Crippen LogP contribution is 2.31. The molecule has 18 heavy (non-hydrogen) atoms. The number of carboxylic acid groups (broad SMARTS) is 1. The Balaban J connectivity index is 2.94. The lowest BCUT2D eigenvalue weighted by Crippen LogP contribution is -2.57. The summed E-state index contributed by atoms with van der Waals surface area (Å²) in [6.07, 6.45) is 1.18. The SMILES string of the molecule is Cc1ncoc1C(=O)NC(C)(C)C(C)(C)C(=O)O. The maximum atomic E-state index is 12.0. The van der Waals surface area contributed by atoms with E-state index in [1.807, 2.05) is 0 Å². The van der Waals surface area contributed by atoms with E-state index in [0.717, 1.165) is 0 Å². The molecule has 0 saturated carbocycles. The third-order valence-corrected chi connectivity index (χ3v) is 3.47. The highest BCUT2D eigenvalue weighted by molar-refractivity contribution is 5.93. The van der Waals surface area contributed by atoms with Crippen molar-refractivity contribution in [3.63, 3.8) is 0 Å². The summed E-state index contributed by atoms with van der Waals surface area (Å²) in [5.41, 5.74) is -1.58. The van der Waals surface area contributed by atoms with Gasteiger partial charge in [-0.25, -0.2) is 4.98 Å². The van der Waals surface area contributed by atoms with Crippen molar-refractivity contribution in [3.8, 4) is 0 Å². The molecule has 0 spiro atoms. The molecule has 0 saturated heterocycles. The minimum atomic E-state index is -1.11. The van der Waals surface area contributed by atoms with Crippen molar-refractivity contribution in [3.05, 3.63) is 17.8 Å². The van der Waals surface area contributed by atoms with E-state index in [2.05, 4.69) is 10.3 Å².